The Kier molecular flexibility index (Phi) is 7.79. The van der Waals surface area contributed by atoms with Gasteiger partial charge in [0, 0.05) is 18.2 Å². The number of azo groups is 1. The Morgan fingerprint density at radius 1 is 1.21 bits per heavy atom. The topological polar surface area (TPSA) is 120 Å². The number of rotatable bonds is 8. The zero-order chi connectivity index (χ0) is 27.6. The predicted octanol–water partition coefficient (Wildman–Crippen LogP) is 5.58. The molecule has 39 heavy (non-hydrogen) atoms. The van der Waals surface area contributed by atoms with Crippen LogP contribution in [0.25, 0.3) is 0 Å². The van der Waals surface area contributed by atoms with E-state index < -0.39 is 5.66 Å². The van der Waals surface area contributed by atoms with Crippen molar-refractivity contribution in [1.82, 2.24) is 10.2 Å². The molecule has 9 nitrogen and oxygen atoms in total. The maximum absolute atomic E-state index is 14.2. The molecule has 204 valence electrons. The van der Waals surface area contributed by atoms with Crippen molar-refractivity contribution >= 4 is 35.0 Å². The molecular weight excluding hydrogens is 516 g/mol. The van der Waals surface area contributed by atoms with Crippen molar-refractivity contribution < 1.29 is 14.3 Å². The highest BCUT2D eigenvalue weighted by atomic mass is 35.5. The fraction of sp³-hybridized carbons (Fsp3) is 0.448. The summed E-state index contributed by atoms with van der Waals surface area (Å²) in [5, 5.41) is 18.0. The number of carbonyl (C=O) groups is 2. The van der Waals surface area contributed by atoms with Gasteiger partial charge in [-0.25, -0.2) is 0 Å². The number of aliphatic imine (C=N–C) groups is 1. The number of nitrogens with one attached hydrogen (secondary N) is 2. The zero-order valence-electron chi connectivity index (χ0n) is 22.2. The lowest BCUT2D eigenvalue weighted by Gasteiger charge is -2.44. The van der Waals surface area contributed by atoms with Gasteiger partial charge in [-0.15, -0.1) is 5.11 Å². The highest BCUT2D eigenvalue weighted by Gasteiger charge is 2.53. The van der Waals surface area contributed by atoms with Gasteiger partial charge in [-0.1, -0.05) is 30.2 Å². The summed E-state index contributed by atoms with van der Waals surface area (Å²) in [6.45, 7) is 0.00289. The largest absolute Gasteiger partial charge is 0.495 e. The lowest BCUT2D eigenvalue weighted by molar-refractivity contribution is -0.133. The Morgan fingerprint density at radius 2 is 1.92 bits per heavy atom. The number of benzene rings is 2. The number of amides is 2. The molecule has 0 unspecified atom stereocenters. The van der Waals surface area contributed by atoms with E-state index in [1.54, 1.807) is 31.4 Å². The number of ether oxygens (including phenoxy) is 1. The summed E-state index contributed by atoms with van der Waals surface area (Å²) in [7, 11) is 3.05. The second-order valence-corrected chi connectivity index (χ2v) is 10.8. The smallest absolute Gasteiger partial charge is 0.275 e. The molecule has 1 heterocycles. The number of hydrogen-bond acceptors (Lipinski definition) is 6. The molecule has 5 rings (SSSR count). The van der Waals surface area contributed by atoms with Gasteiger partial charge in [0.2, 0.25) is 0 Å². The van der Waals surface area contributed by atoms with Gasteiger partial charge >= 0.3 is 0 Å². The van der Waals surface area contributed by atoms with Crippen LogP contribution in [0.3, 0.4) is 0 Å². The summed E-state index contributed by atoms with van der Waals surface area (Å²) >= 11 is 6.42. The van der Waals surface area contributed by atoms with Crippen molar-refractivity contribution in [3.8, 4) is 5.75 Å². The number of amidine groups is 1. The summed E-state index contributed by atoms with van der Waals surface area (Å²) in [5.41, 5.74) is 2.07. The van der Waals surface area contributed by atoms with Gasteiger partial charge in [0.25, 0.3) is 11.8 Å². The van der Waals surface area contributed by atoms with E-state index in [0.717, 1.165) is 50.5 Å². The fourth-order valence-electron chi connectivity index (χ4n) is 5.77. The van der Waals surface area contributed by atoms with Gasteiger partial charge in [-0.3, -0.25) is 20.0 Å². The van der Waals surface area contributed by atoms with Crippen molar-refractivity contribution in [2.24, 2.45) is 21.1 Å². The van der Waals surface area contributed by atoms with Crippen LogP contribution in [0.5, 0.6) is 5.75 Å². The lowest BCUT2D eigenvalue weighted by Crippen LogP contribution is -2.50. The van der Waals surface area contributed by atoms with Crippen LogP contribution in [0.15, 0.2) is 57.7 Å². The molecule has 2 amide bonds. The van der Waals surface area contributed by atoms with Crippen molar-refractivity contribution in [2.45, 2.75) is 56.7 Å². The van der Waals surface area contributed by atoms with Gasteiger partial charge in [-0.2, -0.15) is 5.11 Å². The van der Waals surface area contributed by atoms with E-state index in [1.807, 2.05) is 23.1 Å². The number of hydrogen-bond donors (Lipinski definition) is 2. The van der Waals surface area contributed by atoms with Crippen LogP contribution in [0.2, 0.25) is 5.02 Å². The van der Waals surface area contributed by atoms with Crippen molar-refractivity contribution in [1.29, 1.82) is 5.41 Å². The van der Waals surface area contributed by atoms with E-state index in [-0.39, 0.29) is 30.2 Å². The first-order valence-corrected chi connectivity index (χ1v) is 13.8. The van der Waals surface area contributed by atoms with Crippen LogP contribution in [0.1, 0.15) is 72.5 Å². The van der Waals surface area contributed by atoms with Crippen LogP contribution in [-0.2, 0) is 4.79 Å². The van der Waals surface area contributed by atoms with Gasteiger partial charge in [0.1, 0.15) is 17.1 Å². The number of halogens is 1. The molecule has 1 atom stereocenters. The molecule has 1 aliphatic heterocycles. The Balaban J connectivity index is 1.44. The molecule has 10 heteroatoms. The normalized spacial score (nSPS) is 19.3. The molecule has 2 N–H and O–H groups in total. The highest BCUT2D eigenvalue weighted by molar-refractivity contribution is 6.47. The monoisotopic (exact) mass is 548 g/mol. The maximum Gasteiger partial charge on any atom is 0.275 e. The van der Waals surface area contributed by atoms with E-state index in [1.165, 1.54) is 7.05 Å². The first kappa shape index (κ1) is 27.0. The second kappa shape index (κ2) is 11.3. The number of methoxy groups -OCH3 is 1. The van der Waals surface area contributed by atoms with E-state index in [4.69, 9.17) is 26.7 Å². The summed E-state index contributed by atoms with van der Waals surface area (Å²) in [6, 6.07) is 12.7. The molecule has 1 spiro atoms. The summed E-state index contributed by atoms with van der Waals surface area (Å²) in [5.74, 6) is 0.531. The molecule has 2 aromatic rings. The molecule has 2 aromatic carbocycles. The Morgan fingerprint density at radius 3 is 2.54 bits per heavy atom. The molecular formula is C29H33ClN6O3. The molecule has 0 aromatic heterocycles. The lowest BCUT2D eigenvalue weighted by atomic mass is 9.86. The Labute approximate surface area is 233 Å². The molecule has 0 bridgehead atoms. The summed E-state index contributed by atoms with van der Waals surface area (Å²) < 4.78 is 5.31. The maximum atomic E-state index is 14.2. The summed E-state index contributed by atoms with van der Waals surface area (Å²) in [4.78, 5) is 34.0. The average Bonchev–Trinajstić information content (AvgIpc) is 3.75. The van der Waals surface area contributed by atoms with Gasteiger partial charge in [-0.05, 0) is 80.3 Å². The fourth-order valence-corrected chi connectivity index (χ4v) is 6.03. The minimum absolute atomic E-state index is 0.00289. The van der Waals surface area contributed by atoms with Crippen molar-refractivity contribution in [3.05, 3.63) is 64.2 Å². The second-order valence-electron chi connectivity index (χ2n) is 10.4. The first-order chi connectivity index (χ1) is 18.9. The molecule has 2 saturated carbocycles. The average molecular weight is 549 g/mol. The highest BCUT2D eigenvalue weighted by Crippen LogP contribution is 2.52. The van der Waals surface area contributed by atoms with Crippen LogP contribution in [0, 0.1) is 11.3 Å². The van der Waals surface area contributed by atoms with E-state index in [2.05, 4.69) is 15.5 Å². The Hall–Kier alpha value is -3.59. The quantitative estimate of drug-likeness (QED) is 0.254. The minimum Gasteiger partial charge on any atom is -0.495 e. The van der Waals surface area contributed by atoms with Gasteiger partial charge < -0.3 is 15.0 Å². The first-order valence-electron chi connectivity index (χ1n) is 13.4. The zero-order valence-corrected chi connectivity index (χ0v) is 23.0. The van der Waals surface area contributed by atoms with Crippen molar-refractivity contribution in [3.63, 3.8) is 0 Å². The third-order valence-corrected chi connectivity index (χ3v) is 8.06. The standard InChI is InChI=1S/C29H33ClN6O3/c1-32-35-24(31)17-33-27(37)20-10-8-19(9-11-20)26(18-6-7-18)36-28(38)25(34-29(36)14-4-3-5-15-29)21-12-13-23(39-2)22(30)16-21/h8-13,16,18,26,31H,3-7,14-15,17H2,1-2H3,(H,33,37)/t26-/m1/s1. The van der Waals surface area contributed by atoms with Crippen molar-refractivity contribution in [2.75, 3.05) is 20.7 Å². The van der Waals surface area contributed by atoms with Crippen LogP contribution >= 0.6 is 11.6 Å². The van der Waals surface area contributed by atoms with Crippen LogP contribution in [0.4, 0.5) is 0 Å². The van der Waals surface area contributed by atoms with Crippen LogP contribution < -0.4 is 10.1 Å². The van der Waals surface area contributed by atoms with Gasteiger partial charge in [0.05, 0.1) is 24.7 Å². The molecule has 0 saturated heterocycles. The molecule has 2 aliphatic carbocycles. The van der Waals surface area contributed by atoms with Gasteiger partial charge in [0.15, 0.2) is 5.84 Å². The van der Waals surface area contributed by atoms with E-state index >= 15 is 0 Å². The third-order valence-electron chi connectivity index (χ3n) is 7.77. The molecule has 2 fully saturated rings. The summed E-state index contributed by atoms with van der Waals surface area (Å²) in [6.07, 6.45) is 6.93. The molecule has 3 aliphatic rings. The van der Waals surface area contributed by atoms with E-state index in [0.29, 0.717) is 33.5 Å². The number of nitrogens with zero attached hydrogens (tertiary/aromatic N) is 4. The Bertz CT molecular complexity index is 1330. The number of carbonyl (C=O) groups excluding carboxylic acids is 2. The van der Waals surface area contributed by atoms with E-state index in [9.17, 15) is 9.59 Å². The SMILES string of the molecule is CN=NC(=N)CNC(=O)c1ccc([C@@H](C2CC2)N2C(=O)C(c3ccc(OC)c(Cl)c3)=NC23CCCCC3)cc1. The molecule has 0 radical (unpaired) electrons. The van der Waals surface area contributed by atoms with Crippen LogP contribution in [-0.4, -0.2) is 54.6 Å². The predicted molar refractivity (Wildman–Crippen MR) is 150 cm³/mol. The minimum atomic E-state index is -0.575. The third kappa shape index (κ3) is 5.45.